The number of carbonyl (C=O) groups is 1. The number of aromatic carboxylic acids is 1. The van der Waals surface area contributed by atoms with Gasteiger partial charge < -0.3 is 14.6 Å². The van der Waals surface area contributed by atoms with Gasteiger partial charge in [0.05, 0.1) is 7.11 Å². The second-order valence-corrected chi connectivity index (χ2v) is 6.42. The molecule has 5 nitrogen and oxygen atoms in total. The van der Waals surface area contributed by atoms with E-state index >= 15 is 0 Å². The van der Waals surface area contributed by atoms with E-state index in [0.29, 0.717) is 28.1 Å². The van der Waals surface area contributed by atoms with E-state index in [0.717, 1.165) is 11.1 Å². The van der Waals surface area contributed by atoms with Crippen molar-refractivity contribution >= 4 is 28.9 Å². The number of benzene rings is 2. The zero-order valence-electron chi connectivity index (χ0n) is 13.2. The molecule has 1 aromatic heterocycles. The first-order valence-corrected chi connectivity index (χ1v) is 8.57. The summed E-state index contributed by atoms with van der Waals surface area (Å²) in [6, 6.07) is 12.8. The molecule has 0 atom stereocenters. The van der Waals surface area contributed by atoms with Crippen molar-refractivity contribution in [1.29, 1.82) is 0 Å². The molecule has 3 aromatic rings. The van der Waals surface area contributed by atoms with Crippen LogP contribution in [-0.4, -0.2) is 23.2 Å². The molecular formula is C18H14ClNO4S. The van der Waals surface area contributed by atoms with Crippen molar-refractivity contribution in [2.24, 2.45) is 0 Å². The number of thiazole rings is 1. The fraction of sp³-hybridized carbons (Fsp3) is 0.111. The normalized spacial score (nSPS) is 10.5. The average molecular weight is 376 g/mol. The number of carboxylic acids is 1. The van der Waals surface area contributed by atoms with Crippen LogP contribution in [0.5, 0.6) is 11.5 Å². The molecule has 3 rings (SSSR count). The van der Waals surface area contributed by atoms with E-state index in [1.54, 1.807) is 25.3 Å². The van der Waals surface area contributed by atoms with Gasteiger partial charge in [-0.3, -0.25) is 0 Å². The number of ether oxygens (including phenoxy) is 2. The summed E-state index contributed by atoms with van der Waals surface area (Å²) in [5.41, 5.74) is 1.74. The minimum Gasteiger partial charge on any atom is -0.493 e. The van der Waals surface area contributed by atoms with Gasteiger partial charge in [0.1, 0.15) is 11.6 Å². The van der Waals surface area contributed by atoms with Crippen molar-refractivity contribution in [3.8, 4) is 22.1 Å². The van der Waals surface area contributed by atoms with Crippen LogP contribution in [0.4, 0.5) is 0 Å². The highest BCUT2D eigenvalue weighted by molar-refractivity contribution is 7.13. The fourth-order valence-corrected chi connectivity index (χ4v) is 3.22. The van der Waals surface area contributed by atoms with Crippen LogP contribution in [0.3, 0.4) is 0 Å². The average Bonchev–Trinajstić information content (AvgIpc) is 3.10. The molecule has 0 spiro atoms. The van der Waals surface area contributed by atoms with Crippen molar-refractivity contribution in [2.75, 3.05) is 7.11 Å². The van der Waals surface area contributed by atoms with Crippen LogP contribution >= 0.6 is 22.9 Å². The Kier molecular flexibility index (Phi) is 5.21. The summed E-state index contributed by atoms with van der Waals surface area (Å²) in [7, 11) is 1.55. The summed E-state index contributed by atoms with van der Waals surface area (Å²) >= 11 is 7.24. The molecule has 128 valence electrons. The van der Waals surface area contributed by atoms with Crippen LogP contribution < -0.4 is 9.47 Å². The van der Waals surface area contributed by atoms with E-state index in [4.69, 9.17) is 26.2 Å². The van der Waals surface area contributed by atoms with Crippen molar-refractivity contribution < 1.29 is 19.4 Å². The van der Waals surface area contributed by atoms with Gasteiger partial charge in [-0.15, -0.1) is 11.3 Å². The third-order valence-corrected chi connectivity index (χ3v) is 4.54. The summed E-state index contributed by atoms with van der Waals surface area (Å²) in [4.78, 5) is 15.1. The van der Waals surface area contributed by atoms with Gasteiger partial charge in [0, 0.05) is 16.0 Å². The maximum Gasteiger partial charge on any atom is 0.355 e. The highest BCUT2D eigenvalue weighted by Crippen LogP contribution is 2.34. The monoisotopic (exact) mass is 375 g/mol. The van der Waals surface area contributed by atoms with Crippen molar-refractivity contribution in [3.05, 3.63) is 64.1 Å². The van der Waals surface area contributed by atoms with Gasteiger partial charge in [-0.2, -0.15) is 0 Å². The van der Waals surface area contributed by atoms with Gasteiger partial charge in [0.25, 0.3) is 0 Å². The summed E-state index contributed by atoms with van der Waals surface area (Å²) in [6.45, 7) is 0.358. The molecule has 0 bridgehead atoms. The van der Waals surface area contributed by atoms with E-state index in [9.17, 15) is 4.79 Å². The number of aromatic nitrogens is 1. The van der Waals surface area contributed by atoms with Crippen LogP contribution in [0.2, 0.25) is 5.02 Å². The Balaban J connectivity index is 1.80. The smallest absolute Gasteiger partial charge is 0.355 e. The third kappa shape index (κ3) is 4.10. The molecule has 0 saturated heterocycles. The Morgan fingerprint density at radius 2 is 2.08 bits per heavy atom. The van der Waals surface area contributed by atoms with E-state index in [-0.39, 0.29) is 5.69 Å². The zero-order valence-corrected chi connectivity index (χ0v) is 14.8. The van der Waals surface area contributed by atoms with E-state index < -0.39 is 5.97 Å². The van der Waals surface area contributed by atoms with Gasteiger partial charge in [-0.05, 0) is 35.9 Å². The maximum absolute atomic E-state index is 11.0. The predicted octanol–water partition coefficient (Wildman–Crippen LogP) is 4.75. The first-order chi connectivity index (χ1) is 12.1. The molecule has 0 aliphatic heterocycles. The number of carboxylic acid groups (broad SMARTS) is 1. The molecule has 1 N–H and O–H groups in total. The quantitative estimate of drug-likeness (QED) is 0.673. The Morgan fingerprint density at radius 3 is 2.76 bits per heavy atom. The molecule has 2 aromatic carbocycles. The first kappa shape index (κ1) is 17.3. The number of methoxy groups -OCH3 is 1. The molecule has 25 heavy (non-hydrogen) atoms. The van der Waals surface area contributed by atoms with Crippen LogP contribution in [0.15, 0.2) is 47.8 Å². The molecule has 0 amide bonds. The van der Waals surface area contributed by atoms with Gasteiger partial charge in [0.15, 0.2) is 17.2 Å². The summed E-state index contributed by atoms with van der Waals surface area (Å²) in [5.74, 6) is 0.0868. The minimum atomic E-state index is -1.05. The Hall–Kier alpha value is -2.57. The molecule has 0 saturated carbocycles. The number of nitrogens with zero attached hydrogens (tertiary/aromatic N) is 1. The topological polar surface area (TPSA) is 68.7 Å². The molecule has 0 radical (unpaired) electrons. The standard InChI is InChI=1S/C18H14ClNO4S/c1-23-16-8-12(17-20-14(10-25-17)18(21)22)5-6-15(16)24-9-11-3-2-4-13(19)7-11/h2-8,10H,9H2,1H3,(H,21,22). The lowest BCUT2D eigenvalue weighted by Gasteiger charge is -2.12. The fourth-order valence-electron chi connectivity index (χ4n) is 2.21. The lowest BCUT2D eigenvalue weighted by Crippen LogP contribution is -1.98. The molecule has 7 heteroatoms. The van der Waals surface area contributed by atoms with Crippen molar-refractivity contribution in [1.82, 2.24) is 4.98 Å². The van der Waals surface area contributed by atoms with Crippen molar-refractivity contribution in [3.63, 3.8) is 0 Å². The maximum atomic E-state index is 11.0. The van der Waals surface area contributed by atoms with Crippen LogP contribution in [0, 0.1) is 0 Å². The molecule has 0 aliphatic rings. The molecular weight excluding hydrogens is 362 g/mol. The molecule has 0 fully saturated rings. The highest BCUT2D eigenvalue weighted by Gasteiger charge is 2.13. The van der Waals surface area contributed by atoms with E-state index in [1.165, 1.54) is 16.7 Å². The number of hydrogen-bond donors (Lipinski definition) is 1. The van der Waals surface area contributed by atoms with Gasteiger partial charge >= 0.3 is 5.97 Å². The second kappa shape index (κ2) is 7.55. The van der Waals surface area contributed by atoms with Gasteiger partial charge in [-0.1, -0.05) is 23.7 Å². The Bertz CT molecular complexity index is 910. The SMILES string of the molecule is COc1cc(-c2nc(C(=O)O)cs2)ccc1OCc1cccc(Cl)c1. The molecule has 0 aliphatic carbocycles. The van der Waals surface area contributed by atoms with Gasteiger partial charge in [-0.25, -0.2) is 9.78 Å². The minimum absolute atomic E-state index is 0.0280. The summed E-state index contributed by atoms with van der Waals surface area (Å²) in [6.07, 6.45) is 0. The van der Waals surface area contributed by atoms with E-state index in [2.05, 4.69) is 4.98 Å². The third-order valence-electron chi connectivity index (χ3n) is 3.42. The number of hydrogen-bond acceptors (Lipinski definition) is 5. The summed E-state index contributed by atoms with van der Waals surface area (Å²) < 4.78 is 11.2. The van der Waals surface area contributed by atoms with Crippen LogP contribution in [0.25, 0.3) is 10.6 Å². The van der Waals surface area contributed by atoms with E-state index in [1.807, 2.05) is 24.3 Å². The van der Waals surface area contributed by atoms with Crippen LogP contribution in [0.1, 0.15) is 16.1 Å². The summed E-state index contributed by atoms with van der Waals surface area (Å²) in [5, 5.41) is 11.7. The number of rotatable bonds is 6. The predicted molar refractivity (Wildman–Crippen MR) is 96.8 cm³/mol. The Morgan fingerprint density at radius 1 is 1.24 bits per heavy atom. The Labute approximate surface area is 153 Å². The zero-order chi connectivity index (χ0) is 17.8. The highest BCUT2D eigenvalue weighted by atomic mass is 35.5. The van der Waals surface area contributed by atoms with Crippen molar-refractivity contribution in [2.45, 2.75) is 6.61 Å². The molecule has 1 heterocycles. The lowest BCUT2D eigenvalue weighted by atomic mass is 10.2. The molecule has 0 unspecified atom stereocenters. The van der Waals surface area contributed by atoms with Gasteiger partial charge in [0.2, 0.25) is 0 Å². The largest absolute Gasteiger partial charge is 0.493 e. The number of halogens is 1. The first-order valence-electron chi connectivity index (χ1n) is 7.31. The lowest BCUT2D eigenvalue weighted by molar-refractivity contribution is 0.0691. The van der Waals surface area contributed by atoms with Crippen LogP contribution in [-0.2, 0) is 6.61 Å². The second-order valence-electron chi connectivity index (χ2n) is 5.13.